The third-order valence-corrected chi connectivity index (χ3v) is 7.95. The van der Waals surface area contributed by atoms with Crippen molar-refractivity contribution in [1.29, 1.82) is 0 Å². The van der Waals surface area contributed by atoms with Crippen LogP contribution in [0.1, 0.15) is 18.4 Å². The average Bonchev–Trinajstić information content (AvgIpc) is 2.78. The van der Waals surface area contributed by atoms with Gasteiger partial charge in [-0.2, -0.15) is 0 Å². The maximum absolute atomic E-state index is 13.0. The quantitative estimate of drug-likeness (QED) is 0.572. The first-order chi connectivity index (χ1) is 14.3. The molecule has 0 saturated carbocycles. The summed E-state index contributed by atoms with van der Waals surface area (Å²) in [5.74, 6) is 0.00470. The lowest BCUT2D eigenvalue weighted by Crippen LogP contribution is -2.28. The first-order valence-corrected chi connectivity index (χ1v) is 12.2. The van der Waals surface area contributed by atoms with Crippen molar-refractivity contribution in [3.63, 3.8) is 0 Å². The van der Waals surface area contributed by atoms with Gasteiger partial charge in [-0.25, -0.2) is 21.6 Å². The van der Waals surface area contributed by atoms with Crippen molar-refractivity contribution >= 4 is 19.9 Å². The van der Waals surface area contributed by atoms with Gasteiger partial charge in [0.25, 0.3) is 0 Å². The van der Waals surface area contributed by atoms with E-state index in [1.807, 2.05) is 37.3 Å². The minimum atomic E-state index is -4.01. The van der Waals surface area contributed by atoms with Crippen LogP contribution in [-0.2, 0) is 19.9 Å². The van der Waals surface area contributed by atoms with Crippen LogP contribution >= 0.6 is 0 Å². The molecule has 0 unspecified atom stereocenters. The number of hydrogen-bond acceptors (Lipinski definition) is 5. The Labute approximate surface area is 177 Å². The van der Waals surface area contributed by atoms with Gasteiger partial charge in [0.2, 0.25) is 19.9 Å². The van der Waals surface area contributed by atoms with Crippen LogP contribution in [0.25, 0.3) is 0 Å². The van der Waals surface area contributed by atoms with E-state index in [-0.39, 0.29) is 32.9 Å². The number of ether oxygens (including phenoxy) is 1. The molecular weight excluding hydrogens is 422 g/mol. The van der Waals surface area contributed by atoms with Crippen molar-refractivity contribution < 1.29 is 21.6 Å². The molecule has 0 heterocycles. The van der Waals surface area contributed by atoms with E-state index >= 15 is 0 Å². The SMILES string of the molecule is COc1ccc(S(=O)(=O)c2ccccc2)cc1S(=O)(=O)NC[C@H](C)c1ccccc1. The molecular formula is C22H23NO5S2. The van der Waals surface area contributed by atoms with E-state index in [9.17, 15) is 16.8 Å². The summed E-state index contributed by atoms with van der Waals surface area (Å²) < 4.78 is 59.5. The minimum absolute atomic E-state index is 0.0665. The maximum Gasteiger partial charge on any atom is 0.244 e. The third kappa shape index (κ3) is 4.72. The molecule has 3 rings (SSSR count). The molecule has 0 saturated heterocycles. The standard InChI is InChI=1S/C22H23NO5S2/c1-17(18-9-5-3-6-10-18)16-23-30(26,27)22-15-20(13-14-21(22)28-2)29(24,25)19-11-7-4-8-12-19/h3-15,17,23H,16H2,1-2H3/t17-/m0/s1. The van der Waals surface area contributed by atoms with Gasteiger partial charge in [0, 0.05) is 6.54 Å². The summed E-state index contributed by atoms with van der Waals surface area (Å²) in [6.45, 7) is 2.07. The van der Waals surface area contributed by atoms with E-state index in [0.29, 0.717) is 0 Å². The highest BCUT2D eigenvalue weighted by Gasteiger charge is 2.25. The monoisotopic (exact) mass is 445 g/mol. The number of rotatable bonds is 8. The predicted octanol–water partition coefficient (Wildman–Crippen LogP) is 3.61. The highest BCUT2D eigenvalue weighted by Crippen LogP contribution is 2.30. The summed E-state index contributed by atoms with van der Waals surface area (Å²) >= 11 is 0. The topological polar surface area (TPSA) is 89.5 Å². The molecule has 0 radical (unpaired) electrons. The fourth-order valence-corrected chi connectivity index (χ4v) is 5.69. The van der Waals surface area contributed by atoms with Crippen LogP contribution < -0.4 is 9.46 Å². The zero-order valence-electron chi connectivity index (χ0n) is 16.6. The molecule has 0 aliphatic heterocycles. The van der Waals surface area contributed by atoms with Crippen LogP contribution in [0.5, 0.6) is 5.75 Å². The molecule has 30 heavy (non-hydrogen) atoms. The van der Waals surface area contributed by atoms with Crippen LogP contribution in [0, 0.1) is 0 Å². The molecule has 0 spiro atoms. The normalized spacial score (nSPS) is 13.0. The van der Waals surface area contributed by atoms with Crippen LogP contribution in [0.3, 0.4) is 0 Å². The Morgan fingerprint density at radius 2 is 1.43 bits per heavy atom. The number of benzene rings is 3. The smallest absolute Gasteiger partial charge is 0.244 e. The molecule has 0 amide bonds. The fourth-order valence-electron chi connectivity index (χ4n) is 2.98. The predicted molar refractivity (Wildman–Crippen MR) is 115 cm³/mol. The van der Waals surface area contributed by atoms with Gasteiger partial charge in [0.15, 0.2) is 0 Å². The maximum atomic E-state index is 13.0. The summed E-state index contributed by atoms with van der Waals surface area (Å²) in [7, 11) is -6.54. The van der Waals surface area contributed by atoms with Crippen molar-refractivity contribution in [2.75, 3.05) is 13.7 Å². The zero-order valence-corrected chi connectivity index (χ0v) is 18.3. The Hall–Kier alpha value is -2.68. The van der Waals surface area contributed by atoms with E-state index in [2.05, 4.69) is 4.72 Å². The molecule has 6 nitrogen and oxygen atoms in total. The molecule has 0 aliphatic carbocycles. The lowest BCUT2D eigenvalue weighted by Gasteiger charge is -2.16. The van der Waals surface area contributed by atoms with Crippen molar-refractivity contribution in [2.45, 2.75) is 27.5 Å². The zero-order chi connectivity index (χ0) is 21.8. The number of hydrogen-bond donors (Lipinski definition) is 1. The first kappa shape index (κ1) is 22.0. The van der Waals surface area contributed by atoms with E-state index < -0.39 is 19.9 Å². The lowest BCUT2D eigenvalue weighted by molar-refractivity contribution is 0.401. The van der Waals surface area contributed by atoms with Crippen molar-refractivity contribution in [1.82, 2.24) is 4.72 Å². The largest absolute Gasteiger partial charge is 0.495 e. The van der Waals surface area contributed by atoms with Crippen molar-refractivity contribution in [2.24, 2.45) is 0 Å². The highest BCUT2D eigenvalue weighted by atomic mass is 32.2. The van der Waals surface area contributed by atoms with Gasteiger partial charge < -0.3 is 4.74 Å². The number of sulfonamides is 1. The summed E-state index contributed by atoms with van der Waals surface area (Å²) in [5, 5.41) is 0. The Balaban J connectivity index is 1.93. The van der Waals surface area contributed by atoms with Crippen LogP contribution in [-0.4, -0.2) is 30.5 Å². The van der Waals surface area contributed by atoms with Crippen molar-refractivity contribution in [3.8, 4) is 5.75 Å². The second-order valence-corrected chi connectivity index (χ2v) is 10.5. The van der Waals surface area contributed by atoms with Gasteiger partial charge in [-0.05, 0) is 41.8 Å². The number of sulfone groups is 1. The highest BCUT2D eigenvalue weighted by molar-refractivity contribution is 7.91. The summed E-state index contributed by atoms with van der Waals surface area (Å²) in [4.78, 5) is -0.252. The van der Waals surface area contributed by atoms with Crippen molar-refractivity contribution in [3.05, 3.63) is 84.4 Å². The molecule has 1 atom stereocenters. The van der Waals surface area contributed by atoms with Gasteiger partial charge in [0.1, 0.15) is 10.6 Å². The van der Waals surface area contributed by atoms with E-state index in [0.717, 1.165) is 11.6 Å². The van der Waals surface area contributed by atoms with Gasteiger partial charge in [-0.1, -0.05) is 55.5 Å². The molecule has 8 heteroatoms. The molecule has 3 aromatic carbocycles. The lowest BCUT2D eigenvalue weighted by atomic mass is 10.0. The number of methoxy groups -OCH3 is 1. The third-order valence-electron chi connectivity index (χ3n) is 4.74. The van der Waals surface area contributed by atoms with Crippen LogP contribution in [0.2, 0.25) is 0 Å². The van der Waals surface area contributed by atoms with Crippen LogP contribution in [0.15, 0.2) is 93.5 Å². The Morgan fingerprint density at radius 3 is 2.03 bits per heavy atom. The van der Waals surface area contributed by atoms with E-state index in [1.54, 1.807) is 18.2 Å². The second kappa shape index (κ2) is 8.99. The molecule has 0 fully saturated rings. The number of nitrogens with one attached hydrogen (secondary N) is 1. The average molecular weight is 446 g/mol. The summed E-state index contributed by atoms with van der Waals surface area (Å²) in [6.07, 6.45) is 0. The van der Waals surface area contributed by atoms with Gasteiger partial charge >= 0.3 is 0 Å². The van der Waals surface area contributed by atoms with Crippen LogP contribution in [0.4, 0.5) is 0 Å². The molecule has 1 N–H and O–H groups in total. The summed E-state index contributed by atoms with van der Waals surface area (Å²) in [6, 6.07) is 21.2. The Kier molecular flexibility index (Phi) is 6.60. The minimum Gasteiger partial charge on any atom is -0.495 e. The second-order valence-electron chi connectivity index (χ2n) is 6.79. The van der Waals surface area contributed by atoms with Gasteiger partial charge in [-0.3, -0.25) is 0 Å². The molecule has 158 valence electrons. The van der Waals surface area contributed by atoms with Gasteiger partial charge in [-0.15, -0.1) is 0 Å². The molecule has 0 aromatic heterocycles. The summed E-state index contributed by atoms with van der Waals surface area (Å²) in [5.41, 5.74) is 0.993. The van der Waals surface area contributed by atoms with E-state index in [4.69, 9.17) is 4.74 Å². The molecule has 3 aromatic rings. The first-order valence-electron chi connectivity index (χ1n) is 9.28. The molecule has 0 bridgehead atoms. The molecule has 0 aliphatic rings. The van der Waals surface area contributed by atoms with E-state index in [1.165, 1.54) is 31.4 Å². The fraction of sp³-hybridized carbons (Fsp3) is 0.182. The Bertz CT molecular complexity index is 1210. The van der Waals surface area contributed by atoms with Gasteiger partial charge in [0.05, 0.1) is 16.9 Å². The Morgan fingerprint density at radius 1 is 0.833 bits per heavy atom.